The lowest BCUT2D eigenvalue weighted by Crippen LogP contribution is -2.32. The summed E-state index contributed by atoms with van der Waals surface area (Å²) in [7, 11) is -3.24. The van der Waals surface area contributed by atoms with Gasteiger partial charge in [0.2, 0.25) is 5.91 Å². The summed E-state index contributed by atoms with van der Waals surface area (Å²) < 4.78 is 23.4. The first-order valence-corrected chi connectivity index (χ1v) is 9.05. The van der Waals surface area contributed by atoms with Crippen LogP contribution in [0.2, 0.25) is 0 Å². The molecule has 0 aromatic heterocycles. The topological polar surface area (TPSA) is 101 Å². The highest BCUT2D eigenvalue weighted by molar-refractivity contribution is 7.91. The van der Waals surface area contributed by atoms with Crippen molar-refractivity contribution in [3.05, 3.63) is 29.8 Å². The van der Waals surface area contributed by atoms with E-state index in [0.717, 1.165) is 0 Å². The number of carboxylic acids is 1. The predicted octanol–water partition coefficient (Wildman–Crippen LogP) is 1.64. The number of amides is 1. The molecule has 0 saturated heterocycles. The Morgan fingerprint density at radius 1 is 1.17 bits per heavy atom. The molecule has 0 spiro atoms. The van der Waals surface area contributed by atoms with Gasteiger partial charge in [0.15, 0.2) is 9.84 Å². The minimum Gasteiger partial charge on any atom is -0.481 e. The van der Waals surface area contributed by atoms with Crippen molar-refractivity contribution in [2.45, 2.75) is 38.5 Å². The zero-order valence-corrected chi connectivity index (χ0v) is 14.4. The molecule has 0 radical (unpaired) electrons. The third kappa shape index (κ3) is 5.67. The van der Waals surface area contributed by atoms with Gasteiger partial charge in [0.05, 0.1) is 22.5 Å². The molecule has 1 aromatic rings. The van der Waals surface area contributed by atoms with Gasteiger partial charge >= 0.3 is 5.97 Å². The van der Waals surface area contributed by atoms with E-state index < -0.39 is 21.2 Å². The first-order chi connectivity index (χ1) is 10.6. The second-order valence-corrected chi connectivity index (χ2v) is 8.29. The Bertz CT molecular complexity index is 662. The van der Waals surface area contributed by atoms with Crippen LogP contribution in [-0.2, 0) is 25.8 Å². The van der Waals surface area contributed by atoms with Crippen molar-refractivity contribution in [2.24, 2.45) is 5.41 Å². The molecule has 0 bridgehead atoms. The molecule has 0 aliphatic carbocycles. The minimum atomic E-state index is -3.24. The fourth-order valence-corrected chi connectivity index (χ4v) is 2.73. The summed E-state index contributed by atoms with van der Waals surface area (Å²) in [5, 5.41) is 11.7. The highest BCUT2D eigenvalue weighted by atomic mass is 32.2. The maximum Gasteiger partial charge on any atom is 0.309 e. The number of sulfone groups is 1. The van der Waals surface area contributed by atoms with Crippen LogP contribution < -0.4 is 5.32 Å². The van der Waals surface area contributed by atoms with Gasteiger partial charge in [0.1, 0.15) is 0 Å². The van der Waals surface area contributed by atoms with Crippen LogP contribution in [0.3, 0.4) is 0 Å². The van der Waals surface area contributed by atoms with Crippen molar-refractivity contribution in [1.29, 1.82) is 0 Å². The van der Waals surface area contributed by atoms with Crippen LogP contribution in [0.15, 0.2) is 29.2 Å². The predicted molar refractivity (Wildman–Crippen MR) is 86.9 cm³/mol. The zero-order valence-electron chi connectivity index (χ0n) is 13.6. The molecule has 0 aliphatic heterocycles. The van der Waals surface area contributed by atoms with Crippen molar-refractivity contribution in [3.8, 4) is 0 Å². The van der Waals surface area contributed by atoms with E-state index in [1.54, 1.807) is 32.9 Å². The summed E-state index contributed by atoms with van der Waals surface area (Å²) in [5.41, 5.74) is -0.182. The molecular weight excluding hydrogens is 318 g/mol. The van der Waals surface area contributed by atoms with E-state index in [4.69, 9.17) is 5.11 Å². The van der Waals surface area contributed by atoms with E-state index in [9.17, 15) is 18.0 Å². The van der Waals surface area contributed by atoms with Gasteiger partial charge < -0.3 is 10.4 Å². The summed E-state index contributed by atoms with van der Waals surface area (Å²) >= 11 is 0. The monoisotopic (exact) mass is 341 g/mol. The zero-order chi connectivity index (χ0) is 17.7. The molecule has 0 fully saturated rings. The van der Waals surface area contributed by atoms with Gasteiger partial charge in [-0.05, 0) is 38.0 Å². The van der Waals surface area contributed by atoms with E-state index in [-0.39, 0.29) is 29.5 Å². The Hall–Kier alpha value is -1.89. The summed E-state index contributed by atoms with van der Waals surface area (Å²) in [4.78, 5) is 23.0. The summed E-state index contributed by atoms with van der Waals surface area (Å²) in [6.45, 7) is 5.07. The van der Waals surface area contributed by atoms with Crippen LogP contribution in [0.1, 0.15) is 32.8 Å². The van der Waals surface area contributed by atoms with Crippen molar-refractivity contribution in [2.75, 3.05) is 12.3 Å². The van der Waals surface area contributed by atoms with E-state index in [0.29, 0.717) is 12.0 Å². The van der Waals surface area contributed by atoms with Crippen LogP contribution >= 0.6 is 0 Å². The number of hydrogen-bond acceptors (Lipinski definition) is 4. The Labute approximate surface area is 136 Å². The lowest BCUT2D eigenvalue weighted by atomic mass is 9.90. The standard InChI is InChI=1S/C16H23NO5S/c1-4-23(21,22)13-7-5-12(6-8-13)11-14(18)17-10-9-16(2,3)15(19)20/h5-8H,4,9-11H2,1-3H3,(H,17,18)(H,19,20). The normalized spacial score (nSPS) is 12.0. The highest BCUT2D eigenvalue weighted by Crippen LogP contribution is 2.19. The quantitative estimate of drug-likeness (QED) is 0.748. The van der Waals surface area contributed by atoms with Crippen molar-refractivity contribution in [1.82, 2.24) is 5.32 Å². The third-order valence-corrected chi connectivity index (χ3v) is 5.43. The van der Waals surface area contributed by atoms with E-state index in [2.05, 4.69) is 5.32 Å². The summed E-state index contributed by atoms with van der Waals surface area (Å²) in [6, 6.07) is 6.22. The van der Waals surface area contributed by atoms with E-state index in [1.807, 2.05) is 0 Å². The number of aliphatic carboxylic acids is 1. The van der Waals surface area contributed by atoms with Gasteiger partial charge in [-0.25, -0.2) is 8.42 Å². The Morgan fingerprint density at radius 3 is 2.22 bits per heavy atom. The molecule has 23 heavy (non-hydrogen) atoms. The number of carbonyl (C=O) groups excluding carboxylic acids is 1. The molecule has 2 N–H and O–H groups in total. The average molecular weight is 341 g/mol. The smallest absolute Gasteiger partial charge is 0.309 e. The van der Waals surface area contributed by atoms with Gasteiger partial charge in [-0.15, -0.1) is 0 Å². The number of nitrogens with one attached hydrogen (secondary N) is 1. The molecule has 0 atom stereocenters. The highest BCUT2D eigenvalue weighted by Gasteiger charge is 2.26. The van der Waals surface area contributed by atoms with Crippen molar-refractivity contribution < 1.29 is 23.1 Å². The molecular formula is C16H23NO5S. The fraction of sp³-hybridized carbons (Fsp3) is 0.500. The van der Waals surface area contributed by atoms with Crippen molar-refractivity contribution >= 4 is 21.7 Å². The van der Waals surface area contributed by atoms with E-state index >= 15 is 0 Å². The molecule has 1 aromatic carbocycles. The molecule has 7 heteroatoms. The van der Waals surface area contributed by atoms with Crippen molar-refractivity contribution in [3.63, 3.8) is 0 Å². The van der Waals surface area contributed by atoms with Crippen LogP contribution in [0.25, 0.3) is 0 Å². The lowest BCUT2D eigenvalue weighted by Gasteiger charge is -2.18. The van der Waals surface area contributed by atoms with Crippen LogP contribution in [0.5, 0.6) is 0 Å². The molecule has 0 saturated carbocycles. The average Bonchev–Trinajstić information content (AvgIpc) is 2.47. The first-order valence-electron chi connectivity index (χ1n) is 7.40. The maximum absolute atomic E-state index is 11.8. The molecule has 0 aliphatic rings. The van der Waals surface area contributed by atoms with Crippen LogP contribution in [0.4, 0.5) is 0 Å². The lowest BCUT2D eigenvalue weighted by molar-refractivity contribution is -0.147. The second kappa shape index (κ2) is 7.59. The van der Waals surface area contributed by atoms with Crippen LogP contribution in [0, 0.1) is 5.41 Å². The largest absolute Gasteiger partial charge is 0.481 e. The summed E-state index contributed by atoms with van der Waals surface area (Å²) in [5.74, 6) is -1.09. The number of hydrogen-bond donors (Lipinski definition) is 2. The molecule has 0 heterocycles. The van der Waals surface area contributed by atoms with E-state index in [1.165, 1.54) is 12.1 Å². The van der Waals surface area contributed by atoms with Gasteiger partial charge in [0, 0.05) is 6.54 Å². The van der Waals surface area contributed by atoms with Gasteiger partial charge in [-0.2, -0.15) is 0 Å². The molecule has 0 unspecified atom stereocenters. The SMILES string of the molecule is CCS(=O)(=O)c1ccc(CC(=O)NCCC(C)(C)C(=O)O)cc1. The van der Waals surface area contributed by atoms with Gasteiger partial charge in [-0.3, -0.25) is 9.59 Å². The fourth-order valence-electron chi connectivity index (χ4n) is 1.85. The Morgan fingerprint density at radius 2 is 1.74 bits per heavy atom. The van der Waals surface area contributed by atoms with Gasteiger partial charge in [-0.1, -0.05) is 19.1 Å². The number of rotatable bonds is 8. The Balaban J connectivity index is 2.54. The minimum absolute atomic E-state index is 0.0339. The number of carbonyl (C=O) groups is 2. The third-order valence-electron chi connectivity index (χ3n) is 3.68. The second-order valence-electron chi connectivity index (χ2n) is 6.01. The molecule has 1 rings (SSSR count). The van der Waals surface area contributed by atoms with Crippen LogP contribution in [-0.4, -0.2) is 37.7 Å². The maximum atomic E-state index is 11.8. The number of benzene rings is 1. The number of carboxylic acid groups (broad SMARTS) is 1. The molecule has 6 nitrogen and oxygen atoms in total. The first kappa shape index (κ1) is 19.2. The van der Waals surface area contributed by atoms with Gasteiger partial charge in [0.25, 0.3) is 0 Å². The summed E-state index contributed by atoms with van der Waals surface area (Å²) in [6.07, 6.45) is 0.460. The molecule has 128 valence electrons. The Kier molecular flexibility index (Phi) is 6.32. The molecule has 1 amide bonds.